The average Bonchev–Trinajstić information content (AvgIpc) is 0.691. The maximum absolute atomic E-state index is 2.66. The van der Waals surface area contributed by atoms with E-state index in [1.165, 1.54) is 88.7 Å². The quantitative estimate of drug-likeness (QED) is 0.100. The second-order valence-corrected chi connectivity index (χ2v) is 32.2. The molecule has 538 valence electrons. The van der Waals surface area contributed by atoms with Gasteiger partial charge in [0, 0.05) is 39.6 Å². The van der Waals surface area contributed by atoms with E-state index >= 15 is 0 Å². The summed E-state index contributed by atoms with van der Waals surface area (Å²) in [6.45, 7) is 13.9. The normalized spacial score (nSPS) is 12.3. The molecule has 0 saturated carbocycles. The molecule has 17 aromatic carbocycles. The molecule has 0 aliphatic carbocycles. The standard InChI is InChI=1S/C110H85BN2/c1-109(2,3)105-92(78-46-25-11-26-47-78)64-86(65-93(105)79-48-27-12-28-49-79)87-66-96(82-54-33-15-34-55-82)108(97(67-87)83-56-35-16-36-57-83)113-101-63-61-85(75-40-19-8-20-41-75)71-99(101)111-98-70-84(74-38-17-7-18-39-74)60-62-100(98)112(102-58-37-59-103(113)107(102)111)89-72-90(76-42-21-9-22-43-76)104(91(73-89)77-44-23-10-24-45-77)88-68-94(80-50-29-13-30-51-80)106(110(4,5)6)95(69-88)81-52-31-14-32-53-81/h7-73H,1-6H3. The summed E-state index contributed by atoms with van der Waals surface area (Å²) >= 11 is 0. The minimum absolute atomic E-state index is 0.200. The van der Waals surface area contributed by atoms with Gasteiger partial charge in [0.1, 0.15) is 0 Å². The number of fused-ring (bicyclic) bond motifs is 4. The first-order valence-electron chi connectivity index (χ1n) is 39.7. The van der Waals surface area contributed by atoms with E-state index in [0.29, 0.717) is 0 Å². The minimum Gasteiger partial charge on any atom is -0.311 e. The molecule has 0 atom stereocenters. The van der Waals surface area contributed by atoms with Crippen molar-refractivity contribution < 1.29 is 0 Å². The van der Waals surface area contributed by atoms with Gasteiger partial charge in [-0.1, -0.05) is 375 Å². The van der Waals surface area contributed by atoms with Crippen LogP contribution in [0.15, 0.2) is 406 Å². The molecular weight excluding hydrogens is 1360 g/mol. The van der Waals surface area contributed by atoms with E-state index in [9.17, 15) is 0 Å². The molecule has 0 saturated heterocycles. The summed E-state index contributed by atoms with van der Waals surface area (Å²) < 4.78 is 0. The van der Waals surface area contributed by atoms with Gasteiger partial charge in [-0.25, -0.2) is 0 Å². The molecule has 2 nitrogen and oxygen atoms in total. The van der Waals surface area contributed by atoms with Gasteiger partial charge < -0.3 is 9.80 Å². The van der Waals surface area contributed by atoms with Crippen molar-refractivity contribution in [2.75, 3.05) is 9.80 Å². The highest BCUT2D eigenvalue weighted by atomic mass is 15.2. The van der Waals surface area contributed by atoms with Crippen molar-refractivity contribution in [2.24, 2.45) is 0 Å². The van der Waals surface area contributed by atoms with E-state index in [4.69, 9.17) is 0 Å². The molecule has 0 fully saturated rings. The zero-order valence-corrected chi connectivity index (χ0v) is 64.7. The highest BCUT2D eigenvalue weighted by Crippen LogP contribution is 2.56. The van der Waals surface area contributed by atoms with Crippen LogP contribution in [0.25, 0.3) is 134 Å². The average molecular weight is 1450 g/mol. The fraction of sp³-hybridized carbons (Fsp3) is 0.0727. The monoisotopic (exact) mass is 1440 g/mol. The summed E-state index contributed by atoms with van der Waals surface area (Å²) in [4.78, 5) is 5.28. The Bertz CT molecular complexity index is 6130. The molecule has 19 rings (SSSR count). The molecule has 0 N–H and O–H groups in total. The third kappa shape index (κ3) is 12.9. The zero-order valence-electron chi connectivity index (χ0n) is 64.7. The van der Waals surface area contributed by atoms with Crippen LogP contribution < -0.4 is 26.2 Å². The van der Waals surface area contributed by atoms with Crippen LogP contribution in [0.1, 0.15) is 52.7 Å². The Morgan fingerprint density at radius 2 is 0.460 bits per heavy atom. The summed E-state index contributed by atoms with van der Waals surface area (Å²) in [5.74, 6) is 0. The Balaban J connectivity index is 0.922. The molecule has 0 spiro atoms. The number of hydrogen-bond donors (Lipinski definition) is 0. The third-order valence-corrected chi connectivity index (χ3v) is 23.0. The topological polar surface area (TPSA) is 6.48 Å². The third-order valence-electron chi connectivity index (χ3n) is 23.0. The van der Waals surface area contributed by atoms with Crippen LogP contribution in [0.3, 0.4) is 0 Å². The molecule has 0 aromatic heterocycles. The van der Waals surface area contributed by atoms with E-state index in [2.05, 4.69) is 458 Å². The van der Waals surface area contributed by atoms with Crippen molar-refractivity contribution in [3.63, 3.8) is 0 Å². The van der Waals surface area contributed by atoms with Crippen molar-refractivity contribution in [1.82, 2.24) is 0 Å². The van der Waals surface area contributed by atoms with Gasteiger partial charge in [0.15, 0.2) is 0 Å². The smallest absolute Gasteiger partial charge is 0.252 e. The van der Waals surface area contributed by atoms with E-state index < -0.39 is 0 Å². The molecule has 0 amide bonds. The van der Waals surface area contributed by atoms with Crippen molar-refractivity contribution in [3.05, 3.63) is 418 Å². The number of anilines is 6. The van der Waals surface area contributed by atoms with Gasteiger partial charge in [0.2, 0.25) is 0 Å². The van der Waals surface area contributed by atoms with Crippen LogP contribution >= 0.6 is 0 Å². The van der Waals surface area contributed by atoms with Crippen LogP contribution in [0.5, 0.6) is 0 Å². The lowest BCUT2D eigenvalue weighted by Gasteiger charge is -2.45. The van der Waals surface area contributed by atoms with E-state index in [0.717, 1.165) is 106 Å². The Morgan fingerprint density at radius 3 is 0.779 bits per heavy atom. The maximum Gasteiger partial charge on any atom is 0.252 e. The molecule has 113 heavy (non-hydrogen) atoms. The van der Waals surface area contributed by atoms with Gasteiger partial charge >= 0.3 is 0 Å². The molecule has 2 aliphatic heterocycles. The lowest BCUT2D eigenvalue weighted by atomic mass is 9.33. The second-order valence-electron chi connectivity index (χ2n) is 32.2. The summed E-state index contributed by atoms with van der Waals surface area (Å²) in [6, 6.07) is 152. The van der Waals surface area contributed by atoms with Gasteiger partial charge in [0.25, 0.3) is 6.71 Å². The van der Waals surface area contributed by atoms with Gasteiger partial charge in [0.05, 0.1) is 5.69 Å². The SMILES string of the molecule is CC(C)(C)c1c(-c2ccccc2)cc(-c2cc(-c3ccccc3)c(N3c4ccc(-c5ccccc5)cc4B4c5cc(-c6ccccc6)ccc5N(c5cc(-c6ccccc6)c(-c6cc(-c7ccccc7)c(C(C)(C)C)c(-c7ccccc7)c6)c(-c6ccccc6)c5)c5cccc3c54)c(-c3ccccc3)c2)cc1-c1ccccc1. The summed E-state index contributed by atoms with van der Waals surface area (Å²) in [6.07, 6.45) is 0. The summed E-state index contributed by atoms with van der Waals surface area (Å²) in [7, 11) is 0. The Morgan fingerprint density at radius 1 is 0.195 bits per heavy atom. The summed E-state index contributed by atoms with van der Waals surface area (Å²) in [5.41, 5.74) is 40.5. The summed E-state index contributed by atoms with van der Waals surface area (Å²) in [5, 5.41) is 0. The highest BCUT2D eigenvalue weighted by Gasteiger charge is 2.45. The Kier molecular flexibility index (Phi) is 17.9. The van der Waals surface area contributed by atoms with Crippen LogP contribution in [-0.4, -0.2) is 6.71 Å². The van der Waals surface area contributed by atoms with E-state index in [1.807, 2.05) is 0 Å². The van der Waals surface area contributed by atoms with Crippen molar-refractivity contribution in [3.8, 4) is 134 Å². The fourth-order valence-electron chi connectivity index (χ4n) is 18.2. The van der Waals surface area contributed by atoms with Crippen LogP contribution in [0.4, 0.5) is 34.1 Å². The molecular formula is C110H85BN2. The van der Waals surface area contributed by atoms with Crippen LogP contribution in [-0.2, 0) is 10.8 Å². The Labute approximate surface area is 666 Å². The molecule has 17 aromatic rings. The van der Waals surface area contributed by atoms with Crippen LogP contribution in [0.2, 0.25) is 0 Å². The number of nitrogens with zero attached hydrogens (tertiary/aromatic N) is 2. The maximum atomic E-state index is 2.66. The van der Waals surface area contributed by atoms with Crippen molar-refractivity contribution in [1.29, 1.82) is 0 Å². The van der Waals surface area contributed by atoms with Crippen LogP contribution in [0, 0.1) is 0 Å². The minimum atomic E-state index is -0.226. The van der Waals surface area contributed by atoms with Gasteiger partial charge in [-0.3, -0.25) is 0 Å². The first-order chi connectivity index (χ1) is 55.4. The van der Waals surface area contributed by atoms with E-state index in [1.54, 1.807) is 0 Å². The number of benzene rings is 17. The van der Waals surface area contributed by atoms with Gasteiger partial charge in [-0.2, -0.15) is 0 Å². The molecule has 3 heteroatoms. The Hall–Kier alpha value is -13.6. The molecule has 2 heterocycles. The molecule has 0 radical (unpaired) electrons. The molecule has 2 aliphatic rings. The first kappa shape index (κ1) is 69.8. The second kappa shape index (κ2) is 29.0. The predicted molar refractivity (Wildman–Crippen MR) is 483 cm³/mol. The first-order valence-corrected chi connectivity index (χ1v) is 39.7. The number of hydrogen-bond acceptors (Lipinski definition) is 2. The predicted octanol–water partition coefficient (Wildman–Crippen LogP) is 28.4. The van der Waals surface area contributed by atoms with E-state index in [-0.39, 0.29) is 17.5 Å². The lowest BCUT2D eigenvalue weighted by Crippen LogP contribution is -2.61. The molecule has 0 unspecified atom stereocenters. The lowest BCUT2D eigenvalue weighted by molar-refractivity contribution is 0.593. The zero-order chi connectivity index (χ0) is 76.3. The van der Waals surface area contributed by atoms with Crippen molar-refractivity contribution in [2.45, 2.75) is 52.4 Å². The fourth-order valence-corrected chi connectivity index (χ4v) is 18.2. The van der Waals surface area contributed by atoms with Crippen molar-refractivity contribution >= 4 is 57.2 Å². The molecule has 0 bridgehead atoms. The largest absolute Gasteiger partial charge is 0.311 e. The highest BCUT2D eigenvalue weighted by molar-refractivity contribution is 7.00. The number of rotatable bonds is 14. The van der Waals surface area contributed by atoms with Gasteiger partial charge in [-0.05, 0) is 234 Å². The van der Waals surface area contributed by atoms with Gasteiger partial charge in [-0.15, -0.1) is 0 Å².